The molecule has 3 N–H and O–H groups in total. The van der Waals surface area contributed by atoms with E-state index in [0.29, 0.717) is 35.0 Å². The summed E-state index contributed by atoms with van der Waals surface area (Å²) in [6, 6.07) is 2.62. The van der Waals surface area contributed by atoms with Crippen LogP contribution in [-0.2, 0) is 4.79 Å². The van der Waals surface area contributed by atoms with Crippen LogP contribution in [0.25, 0.3) is 0 Å². The third kappa shape index (κ3) is 4.45. The summed E-state index contributed by atoms with van der Waals surface area (Å²) in [7, 11) is 0. The number of benzene rings is 1. The molecule has 1 amide bonds. The van der Waals surface area contributed by atoms with Crippen molar-refractivity contribution in [1.82, 2.24) is 9.88 Å². The van der Waals surface area contributed by atoms with Gasteiger partial charge in [0, 0.05) is 24.1 Å². The van der Waals surface area contributed by atoms with Crippen LogP contribution >= 0.6 is 23.1 Å². The lowest BCUT2D eigenvalue weighted by Crippen LogP contribution is -2.41. The zero-order valence-corrected chi connectivity index (χ0v) is 15.7. The molecule has 3 rings (SSSR count). The first-order valence-corrected chi connectivity index (χ1v) is 10.0. The fourth-order valence-corrected chi connectivity index (χ4v) is 4.82. The van der Waals surface area contributed by atoms with Crippen LogP contribution in [0.4, 0.5) is 8.78 Å². The molecule has 2 atom stereocenters. The molecule has 27 heavy (non-hydrogen) atoms. The van der Waals surface area contributed by atoms with Gasteiger partial charge in [0.25, 0.3) is 0 Å². The molecular weight excluding hydrogens is 396 g/mol. The van der Waals surface area contributed by atoms with Gasteiger partial charge >= 0.3 is 5.97 Å². The molecule has 6 nitrogen and oxygen atoms in total. The summed E-state index contributed by atoms with van der Waals surface area (Å²) < 4.78 is 27.2. The number of aromatic carboxylic acids is 1. The van der Waals surface area contributed by atoms with Crippen LogP contribution in [0.3, 0.4) is 0 Å². The van der Waals surface area contributed by atoms with Gasteiger partial charge in [-0.2, -0.15) is 0 Å². The Morgan fingerprint density at radius 1 is 1.44 bits per heavy atom. The monoisotopic (exact) mass is 413 g/mol. The van der Waals surface area contributed by atoms with E-state index in [4.69, 9.17) is 10.8 Å². The van der Waals surface area contributed by atoms with Crippen molar-refractivity contribution in [2.24, 2.45) is 5.73 Å². The van der Waals surface area contributed by atoms with Crippen LogP contribution in [-0.4, -0.2) is 45.2 Å². The van der Waals surface area contributed by atoms with E-state index in [1.807, 2.05) is 0 Å². The Hall–Kier alpha value is -2.04. The van der Waals surface area contributed by atoms with Gasteiger partial charge in [0.1, 0.15) is 0 Å². The smallest absolute Gasteiger partial charge is 0.355 e. The number of amides is 1. The number of hydrogen-bond acceptors (Lipinski definition) is 6. The predicted octanol–water partition coefficient (Wildman–Crippen LogP) is 2.90. The largest absolute Gasteiger partial charge is 0.476 e. The highest BCUT2D eigenvalue weighted by Gasteiger charge is 2.35. The van der Waals surface area contributed by atoms with Gasteiger partial charge in [0.05, 0.1) is 12.1 Å². The maximum Gasteiger partial charge on any atom is 0.355 e. The lowest BCUT2D eigenvalue weighted by Gasteiger charge is -2.29. The van der Waals surface area contributed by atoms with Gasteiger partial charge in [-0.25, -0.2) is 18.6 Å². The zero-order valence-electron chi connectivity index (χ0n) is 14.1. The van der Waals surface area contributed by atoms with Crippen molar-refractivity contribution in [3.05, 3.63) is 46.5 Å². The number of rotatable bonds is 7. The molecule has 0 bridgehead atoms. The number of thioether (sulfide) groups is 1. The third-order valence-corrected chi connectivity index (χ3v) is 6.38. The standard InChI is InChI=1S/C17H17F2N3O3S2/c18-10-2-1-9(7-11(10)19)15(20)13-3-4-14(23)22(13)5-6-26-17-21-12(8-27-17)16(24)25/h1-2,7-8,13,15H,3-6,20H2,(H,24,25)/t13-,15?/m1/s1. The minimum atomic E-state index is -1.08. The number of carbonyl (C=O) groups excluding carboxylic acids is 1. The van der Waals surface area contributed by atoms with Crippen LogP contribution in [0.5, 0.6) is 0 Å². The van der Waals surface area contributed by atoms with E-state index in [0.717, 1.165) is 12.1 Å². The van der Waals surface area contributed by atoms with Gasteiger partial charge in [-0.05, 0) is 24.1 Å². The average Bonchev–Trinajstić information content (AvgIpc) is 3.24. The molecule has 2 heterocycles. The second-order valence-corrected chi connectivity index (χ2v) is 8.24. The van der Waals surface area contributed by atoms with E-state index in [-0.39, 0.29) is 17.6 Å². The van der Waals surface area contributed by atoms with Crippen molar-refractivity contribution in [3.63, 3.8) is 0 Å². The van der Waals surface area contributed by atoms with E-state index < -0.39 is 23.6 Å². The number of carbonyl (C=O) groups is 2. The normalized spacial score (nSPS) is 18.1. The van der Waals surface area contributed by atoms with E-state index in [2.05, 4.69) is 4.98 Å². The number of halogens is 2. The lowest BCUT2D eigenvalue weighted by atomic mass is 9.98. The molecule has 1 unspecified atom stereocenters. The molecule has 2 aromatic rings. The van der Waals surface area contributed by atoms with Crippen LogP contribution in [0, 0.1) is 11.6 Å². The third-order valence-electron chi connectivity index (χ3n) is 4.38. The maximum absolute atomic E-state index is 13.5. The molecule has 1 aliphatic rings. The fraction of sp³-hybridized carbons (Fsp3) is 0.353. The van der Waals surface area contributed by atoms with Crippen LogP contribution in [0.1, 0.15) is 34.9 Å². The Morgan fingerprint density at radius 2 is 2.22 bits per heavy atom. The molecule has 0 saturated carbocycles. The Kier molecular flexibility index (Phi) is 6.08. The molecule has 144 valence electrons. The lowest BCUT2D eigenvalue weighted by molar-refractivity contribution is -0.128. The van der Waals surface area contributed by atoms with Crippen LogP contribution in [0.2, 0.25) is 0 Å². The summed E-state index contributed by atoms with van der Waals surface area (Å²) in [4.78, 5) is 28.7. The quantitative estimate of drug-likeness (QED) is 0.678. The number of carboxylic acid groups (broad SMARTS) is 1. The second kappa shape index (κ2) is 8.32. The van der Waals surface area contributed by atoms with Crippen molar-refractivity contribution in [1.29, 1.82) is 0 Å². The van der Waals surface area contributed by atoms with Gasteiger partial charge < -0.3 is 15.7 Å². The highest BCUT2D eigenvalue weighted by Crippen LogP contribution is 2.30. The molecule has 1 fully saturated rings. The summed E-state index contributed by atoms with van der Waals surface area (Å²) in [5.41, 5.74) is 6.67. The van der Waals surface area contributed by atoms with Gasteiger partial charge in [-0.3, -0.25) is 4.79 Å². The highest BCUT2D eigenvalue weighted by atomic mass is 32.2. The first kappa shape index (κ1) is 19.7. The van der Waals surface area contributed by atoms with Gasteiger partial charge in [-0.1, -0.05) is 17.8 Å². The summed E-state index contributed by atoms with van der Waals surface area (Å²) in [6.07, 6.45) is 0.900. The van der Waals surface area contributed by atoms with E-state index >= 15 is 0 Å². The van der Waals surface area contributed by atoms with Gasteiger partial charge in [0.15, 0.2) is 21.7 Å². The zero-order chi connectivity index (χ0) is 19.6. The number of likely N-dealkylation sites (tertiary alicyclic amines) is 1. The second-order valence-electron chi connectivity index (χ2n) is 6.04. The Morgan fingerprint density at radius 3 is 2.89 bits per heavy atom. The molecule has 10 heteroatoms. The molecule has 0 aliphatic carbocycles. The highest BCUT2D eigenvalue weighted by molar-refractivity contribution is 8.01. The minimum Gasteiger partial charge on any atom is -0.476 e. The molecule has 1 aromatic carbocycles. The average molecular weight is 413 g/mol. The minimum absolute atomic E-state index is 0.00187. The SMILES string of the molecule is NC(c1ccc(F)c(F)c1)[C@H]1CCC(=O)N1CCSc1nc(C(=O)O)cs1. The van der Waals surface area contributed by atoms with E-state index in [1.165, 1.54) is 34.5 Å². The summed E-state index contributed by atoms with van der Waals surface area (Å²) in [5.74, 6) is -2.49. The molecule has 0 spiro atoms. The van der Waals surface area contributed by atoms with Crippen molar-refractivity contribution in [2.75, 3.05) is 12.3 Å². The van der Waals surface area contributed by atoms with Crippen molar-refractivity contribution in [2.45, 2.75) is 29.3 Å². The number of nitrogens with zero attached hydrogens (tertiary/aromatic N) is 2. The number of nitrogens with two attached hydrogens (primary N) is 1. The molecule has 0 radical (unpaired) electrons. The number of aromatic nitrogens is 1. The fourth-order valence-electron chi connectivity index (χ4n) is 3.01. The number of thiazole rings is 1. The first-order chi connectivity index (χ1) is 12.9. The van der Waals surface area contributed by atoms with Crippen molar-refractivity contribution in [3.8, 4) is 0 Å². The predicted molar refractivity (Wildman–Crippen MR) is 97.8 cm³/mol. The van der Waals surface area contributed by atoms with Gasteiger partial charge in [0.2, 0.25) is 5.91 Å². The van der Waals surface area contributed by atoms with Crippen molar-refractivity contribution >= 4 is 35.0 Å². The topological polar surface area (TPSA) is 96.5 Å². The molecule has 1 saturated heterocycles. The maximum atomic E-state index is 13.5. The van der Waals surface area contributed by atoms with Crippen molar-refractivity contribution < 1.29 is 23.5 Å². The molecule has 1 aromatic heterocycles. The van der Waals surface area contributed by atoms with Gasteiger partial charge in [-0.15, -0.1) is 11.3 Å². The van der Waals surface area contributed by atoms with E-state index in [1.54, 1.807) is 4.90 Å². The van der Waals surface area contributed by atoms with Crippen LogP contribution < -0.4 is 5.73 Å². The summed E-state index contributed by atoms with van der Waals surface area (Å²) in [5, 5.41) is 10.4. The van der Waals surface area contributed by atoms with E-state index in [9.17, 15) is 18.4 Å². The molecule has 1 aliphatic heterocycles. The Labute approximate surface area is 162 Å². The first-order valence-electron chi connectivity index (χ1n) is 8.18. The Balaban J connectivity index is 1.63. The number of carboxylic acids is 1. The molecular formula is C17H17F2N3O3S2. The van der Waals surface area contributed by atoms with Crippen LogP contribution in [0.15, 0.2) is 27.9 Å². The summed E-state index contributed by atoms with van der Waals surface area (Å²) in [6.45, 7) is 0.410. The number of hydrogen-bond donors (Lipinski definition) is 2. The Bertz CT molecular complexity index is 862. The summed E-state index contributed by atoms with van der Waals surface area (Å²) >= 11 is 2.60.